The first kappa shape index (κ1) is 17.8. The number of halogens is 3. The first-order valence-electron chi connectivity index (χ1n) is 6.98. The van der Waals surface area contributed by atoms with E-state index in [0.717, 1.165) is 11.3 Å². The molecular weight excluding hydrogens is 281 g/mol. The molecule has 0 aromatic carbocycles. The lowest BCUT2D eigenvalue weighted by Crippen LogP contribution is -2.35. The Kier molecular flexibility index (Phi) is 6.01. The number of nitrogens with one attached hydrogen (secondary N) is 1. The molecule has 0 saturated heterocycles. The van der Waals surface area contributed by atoms with Gasteiger partial charge < -0.3 is 10.1 Å². The third-order valence-electron chi connectivity index (χ3n) is 2.83. The fourth-order valence-corrected chi connectivity index (χ4v) is 1.64. The molecule has 21 heavy (non-hydrogen) atoms. The second kappa shape index (κ2) is 7.11. The minimum Gasteiger partial charge on any atom is -0.478 e. The molecule has 0 aliphatic heterocycles. The van der Waals surface area contributed by atoms with Gasteiger partial charge in [0.15, 0.2) is 0 Å². The van der Waals surface area contributed by atoms with E-state index in [-0.39, 0.29) is 18.6 Å². The van der Waals surface area contributed by atoms with Crippen molar-refractivity contribution >= 4 is 0 Å². The lowest BCUT2D eigenvalue weighted by molar-refractivity contribution is -0.136. The summed E-state index contributed by atoms with van der Waals surface area (Å²) in [7, 11) is 0. The van der Waals surface area contributed by atoms with Crippen LogP contribution in [0.2, 0.25) is 0 Å². The average Bonchev–Trinajstić information content (AvgIpc) is 2.31. The summed E-state index contributed by atoms with van der Waals surface area (Å²) in [4.78, 5) is 4.26. The fraction of sp³-hybridized carbons (Fsp3) is 0.667. The zero-order chi connectivity index (χ0) is 16.1. The molecule has 0 radical (unpaired) electrons. The summed E-state index contributed by atoms with van der Waals surface area (Å²) in [6.45, 7) is 8.81. The number of nitrogens with zero attached hydrogens (tertiary/aromatic N) is 1. The van der Waals surface area contributed by atoms with E-state index in [1.165, 1.54) is 0 Å². The van der Waals surface area contributed by atoms with E-state index in [4.69, 9.17) is 4.74 Å². The molecule has 0 amide bonds. The Morgan fingerprint density at radius 3 is 2.38 bits per heavy atom. The first-order valence-corrected chi connectivity index (χ1v) is 6.98. The lowest BCUT2D eigenvalue weighted by atomic mass is 10.1. The van der Waals surface area contributed by atoms with Gasteiger partial charge in [-0.2, -0.15) is 13.2 Å². The Labute approximate surface area is 123 Å². The number of rotatable bonds is 6. The van der Waals surface area contributed by atoms with E-state index in [1.807, 2.05) is 13.0 Å². The smallest absolute Gasteiger partial charge is 0.389 e. The summed E-state index contributed by atoms with van der Waals surface area (Å²) >= 11 is 0. The quantitative estimate of drug-likeness (QED) is 0.807. The maximum atomic E-state index is 12.0. The highest BCUT2D eigenvalue weighted by Gasteiger charge is 2.26. The molecule has 1 N–H and O–H groups in total. The van der Waals surface area contributed by atoms with Crippen molar-refractivity contribution in [3.05, 3.63) is 23.4 Å². The highest BCUT2D eigenvalue weighted by Crippen LogP contribution is 2.21. The standard InChI is InChI=1S/C15H23F3N2O/c1-11-12(10-19-14(2,3)4)6-7-13(20-11)21-9-5-8-15(16,17)18/h6-7,19H,5,8-10H2,1-4H3. The molecular formula is C15H23F3N2O. The summed E-state index contributed by atoms with van der Waals surface area (Å²) in [5.74, 6) is 0.370. The Bertz CT molecular complexity index is 453. The van der Waals surface area contributed by atoms with Crippen LogP contribution < -0.4 is 10.1 Å². The number of alkyl halides is 3. The van der Waals surface area contributed by atoms with Gasteiger partial charge in [0.1, 0.15) is 0 Å². The van der Waals surface area contributed by atoms with Crippen LogP contribution in [0.25, 0.3) is 0 Å². The Morgan fingerprint density at radius 2 is 1.86 bits per heavy atom. The summed E-state index contributed by atoms with van der Waals surface area (Å²) in [6.07, 6.45) is -5.02. The van der Waals surface area contributed by atoms with Crippen molar-refractivity contribution in [3.63, 3.8) is 0 Å². The molecule has 0 atom stereocenters. The molecule has 1 rings (SSSR count). The minimum absolute atomic E-state index is 0.0131. The van der Waals surface area contributed by atoms with Crippen LogP contribution in [-0.2, 0) is 6.54 Å². The third kappa shape index (κ3) is 7.90. The SMILES string of the molecule is Cc1nc(OCCCC(F)(F)F)ccc1CNC(C)(C)C. The molecule has 1 aromatic heterocycles. The van der Waals surface area contributed by atoms with Crippen LogP contribution in [0.5, 0.6) is 5.88 Å². The minimum atomic E-state index is -4.13. The van der Waals surface area contributed by atoms with E-state index >= 15 is 0 Å². The molecule has 3 nitrogen and oxygen atoms in total. The van der Waals surface area contributed by atoms with Crippen molar-refractivity contribution in [2.75, 3.05) is 6.61 Å². The molecule has 0 aliphatic carbocycles. The van der Waals surface area contributed by atoms with Crippen molar-refractivity contribution < 1.29 is 17.9 Å². The van der Waals surface area contributed by atoms with Crippen LogP contribution in [0.1, 0.15) is 44.9 Å². The number of ether oxygens (including phenoxy) is 1. The summed E-state index contributed by atoms with van der Waals surface area (Å²) in [5.41, 5.74) is 1.88. The van der Waals surface area contributed by atoms with Crippen LogP contribution in [0.3, 0.4) is 0 Å². The van der Waals surface area contributed by atoms with Crippen molar-refractivity contribution in [2.45, 2.75) is 58.8 Å². The monoisotopic (exact) mass is 304 g/mol. The second-order valence-corrected chi connectivity index (χ2v) is 6.06. The van der Waals surface area contributed by atoms with E-state index < -0.39 is 12.6 Å². The molecule has 0 unspecified atom stereocenters. The van der Waals surface area contributed by atoms with Crippen molar-refractivity contribution in [3.8, 4) is 5.88 Å². The van der Waals surface area contributed by atoms with Gasteiger partial charge in [-0.05, 0) is 39.7 Å². The predicted molar refractivity (Wildman–Crippen MR) is 76.4 cm³/mol. The van der Waals surface area contributed by atoms with E-state index in [9.17, 15) is 13.2 Å². The van der Waals surface area contributed by atoms with Gasteiger partial charge in [-0.3, -0.25) is 0 Å². The van der Waals surface area contributed by atoms with Crippen LogP contribution in [0.15, 0.2) is 12.1 Å². The fourth-order valence-electron chi connectivity index (χ4n) is 1.64. The van der Waals surface area contributed by atoms with Gasteiger partial charge in [0.2, 0.25) is 5.88 Å². The van der Waals surface area contributed by atoms with Gasteiger partial charge in [0, 0.05) is 30.3 Å². The van der Waals surface area contributed by atoms with Gasteiger partial charge in [-0.15, -0.1) is 0 Å². The predicted octanol–water partition coefficient (Wildman–Crippen LogP) is 4.00. The molecule has 120 valence electrons. The van der Waals surface area contributed by atoms with Gasteiger partial charge in [-0.1, -0.05) is 6.07 Å². The molecule has 0 aliphatic rings. The molecule has 0 bridgehead atoms. The number of hydrogen-bond donors (Lipinski definition) is 1. The molecule has 1 heterocycles. The van der Waals surface area contributed by atoms with Crippen LogP contribution in [-0.4, -0.2) is 23.3 Å². The van der Waals surface area contributed by atoms with Crippen LogP contribution in [0.4, 0.5) is 13.2 Å². The van der Waals surface area contributed by atoms with Crippen molar-refractivity contribution in [1.82, 2.24) is 10.3 Å². The average molecular weight is 304 g/mol. The molecule has 0 saturated carbocycles. The molecule has 0 spiro atoms. The van der Waals surface area contributed by atoms with Crippen molar-refractivity contribution in [1.29, 1.82) is 0 Å². The van der Waals surface area contributed by atoms with E-state index in [2.05, 4.69) is 31.1 Å². The van der Waals surface area contributed by atoms with Gasteiger partial charge in [-0.25, -0.2) is 4.98 Å². The largest absolute Gasteiger partial charge is 0.478 e. The summed E-state index contributed by atoms with van der Waals surface area (Å²) < 4.78 is 41.3. The maximum Gasteiger partial charge on any atom is 0.389 e. The number of hydrogen-bond acceptors (Lipinski definition) is 3. The van der Waals surface area contributed by atoms with E-state index in [0.29, 0.717) is 12.4 Å². The van der Waals surface area contributed by atoms with Gasteiger partial charge in [0.05, 0.1) is 6.61 Å². The number of pyridine rings is 1. The molecule has 0 fully saturated rings. The summed E-state index contributed by atoms with van der Waals surface area (Å²) in [6, 6.07) is 3.58. The Morgan fingerprint density at radius 1 is 1.19 bits per heavy atom. The van der Waals surface area contributed by atoms with Gasteiger partial charge >= 0.3 is 6.18 Å². The maximum absolute atomic E-state index is 12.0. The topological polar surface area (TPSA) is 34.1 Å². The first-order chi connectivity index (χ1) is 9.57. The molecule has 1 aromatic rings. The van der Waals surface area contributed by atoms with Crippen LogP contribution >= 0.6 is 0 Å². The normalized spacial score (nSPS) is 12.5. The molecule has 6 heteroatoms. The lowest BCUT2D eigenvalue weighted by Gasteiger charge is -2.21. The summed E-state index contributed by atoms with van der Waals surface area (Å²) in [5, 5.41) is 3.36. The van der Waals surface area contributed by atoms with Crippen LogP contribution in [0, 0.1) is 6.92 Å². The highest BCUT2D eigenvalue weighted by atomic mass is 19.4. The van der Waals surface area contributed by atoms with Crippen molar-refractivity contribution in [2.24, 2.45) is 0 Å². The van der Waals surface area contributed by atoms with Gasteiger partial charge in [0.25, 0.3) is 0 Å². The Hall–Kier alpha value is -1.30. The third-order valence-corrected chi connectivity index (χ3v) is 2.83. The highest BCUT2D eigenvalue weighted by molar-refractivity contribution is 5.25. The number of aromatic nitrogens is 1. The zero-order valence-electron chi connectivity index (χ0n) is 13.0. The van der Waals surface area contributed by atoms with E-state index in [1.54, 1.807) is 6.07 Å². The second-order valence-electron chi connectivity index (χ2n) is 6.06. The number of aryl methyl sites for hydroxylation is 1. The zero-order valence-corrected chi connectivity index (χ0v) is 13.0. The Balaban J connectivity index is 2.46.